The third-order valence-electron chi connectivity index (χ3n) is 1.83. The molecular formula is C7H6N4O3. The highest BCUT2D eigenvalue weighted by molar-refractivity contribution is 5.87. The quantitative estimate of drug-likeness (QED) is 0.569. The van der Waals surface area contributed by atoms with Crippen LogP contribution in [0.5, 0.6) is 0 Å². The fourth-order valence-electron chi connectivity index (χ4n) is 1.16. The van der Waals surface area contributed by atoms with E-state index in [-0.39, 0.29) is 11.2 Å². The smallest absolute Gasteiger partial charge is 0.302 e. The van der Waals surface area contributed by atoms with E-state index in [0.717, 1.165) is 0 Å². The van der Waals surface area contributed by atoms with Crippen molar-refractivity contribution in [1.82, 2.24) is 10.3 Å². The topological polar surface area (TPSA) is 94.1 Å². The van der Waals surface area contributed by atoms with E-state index in [2.05, 4.69) is 20.3 Å². The Morgan fingerprint density at radius 2 is 2.29 bits per heavy atom. The fourth-order valence-corrected chi connectivity index (χ4v) is 1.16. The molecule has 2 aromatic rings. The van der Waals surface area contributed by atoms with E-state index < -0.39 is 4.92 Å². The van der Waals surface area contributed by atoms with Gasteiger partial charge < -0.3 is 5.32 Å². The molecule has 14 heavy (non-hydrogen) atoms. The van der Waals surface area contributed by atoms with Gasteiger partial charge in [0.15, 0.2) is 0 Å². The Balaban J connectivity index is 2.76. The van der Waals surface area contributed by atoms with E-state index in [4.69, 9.17) is 0 Å². The van der Waals surface area contributed by atoms with E-state index in [1.807, 2.05) is 0 Å². The Hall–Kier alpha value is -2.18. The van der Waals surface area contributed by atoms with E-state index in [0.29, 0.717) is 11.2 Å². The van der Waals surface area contributed by atoms with Crippen molar-refractivity contribution in [2.75, 3.05) is 12.4 Å². The largest absolute Gasteiger partial charge is 0.388 e. The molecule has 0 bridgehead atoms. The molecule has 0 atom stereocenters. The van der Waals surface area contributed by atoms with Crippen LogP contribution in [0.15, 0.2) is 16.8 Å². The fraction of sp³-hybridized carbons (Fsp3) is 0.143. The molecule has 7 nitrogen and oxygen atoms in total. The zero-order valence-electron chi connectivity index (χ0n) is 7.22. The summed E-state index contributed by atoms with van der Waals surface area (Å²) >= 11 is 0. The molecule has 0 aliphatic rings. The van der Waals surface area contributed by atoms with Crippen LogP contribution in [-0.4, -0.2) is 22.3 Å². The van der Waals surface area contributed by atoms with Gasteiger partial charge in [-0.3, -0.25) is 10.1 Å². The molecule has 0 saturated carbocycles. The van der Waals surface area contributed by atoms with Crippen molar-refractivity contribution in [3.63, 3.8) is 0 Å². The second-order valence-electron chi connectivity index (χ2n) is 2.63. The van der Waals surface area contributed by atoms with Crippen LogP contribution in [0.3, 0.4) is 0 Å². The average Bonchev–Trinajstić information content (AvgIpc) is 2.63. The minimum absolute atomic E-state index is 0.117. The lowest BCUT2D eigenvalue weighted by Gasteiger charge is -1.98. The minimum atomic E-state index is -0.520. The van der Waals surface area contributed by atoms with Crippen LogP contribution in [0, 0.1) is 10.1 Å². The van der Waals surface area contributed by atoms with Crippen molar-refractivity contribution in [2.24, 2.45) is 0 Å². The molecule has 72 valence electrons. The Kier molecular flexibility index (Phi) is 1.77. The zero-order chi connectivity index (χ0) is 10.1. The summed E-state index contributed by atoms with van der Waals surface area (Å²) in [6.45, 7) is 0. The third kappa shape index (κ3) is 1.15. The van der Waals surface area contributed by atoms with Crippen LogP contribution < -0.4 is 5.32 Å². The van der Waals surface area contributed by atoms with Gasteiger partial charge in [-0.15, -0.1) is 0 Å². The highest BCUT2D eigenvalue weighted by Crippen LogP contribution is 2.26. The first kappa shape index (κ1) is 8.42. The first-order chi connectivity index (χ1) is 6.72. The van der Waals surface area contributed by atoms with Crippen molar-refractivity contribution in [1.29, 1.82) is 0 Å². The molecular weight excluding hydrogens is 188 g/mol. The number of rotatable bonds is 2. The van der Waals surface area contributed by atoms with Crippen LogP contribution >= 0.6 is 0 Å². The van der Waals surface area contributed by atoms with Gasteiger partial charge in [-0.05, 0) is 16.4 Å². The van der Waals surface area contributed by atoms with Gasteiger partial charge in [0, 0.05) is 18.8 Å². The van der Waals surface area contributed by atoms with Crippen molar-refractivity contribution < 1.29 is 9.55 Å². The summed E-state index contributed by atoms with van der Waals surface area (Å²) < 4.78 is 4.42. The molecule has 0 saturated heterocycles. The van der Waals surface area contributed by atoms with Crippen LogP contribution in [0.1, 0.15) is 0 Å². The van der Waals surface area contributed by atoms with Gasteiger partial charge in [-0.2, -0.15) is 0 Å². The maximum Gasteiger partial charge on any atom is 0.302 e. The van der Waals surface area contributed by atoms with E-state index >= 15 is 0 Å². The lowest BCUT2D eigenvalue weighted by Crippen LogP contribution is -1.93. The highest BCUT2D eigenvalue weighted by atomic mass is 16.6. The van der Waals surface area contributed by atoms with E-state index in [1.54, 1.807) is 13.1 Å². The lowest BCUT2D eigenvalue weighted by atomic mass is 10.2. The Labute approximate surface area is 77.8 Å². The van der Waals surface area contributed by atoms with Crippen molar-refractivity contribution >= 4 is 22.4 Å². The van der Waals surface area contributed by atoms with Crippen LogP contribution in [0.2, 0.25) is 0 Å². The van der Waals surface area contributed by atoms with Crippen LogP contribution in [-0.2, 0) is 0 Å². The SMILES string of the molecule is CNc1cc([N+](=O)[O-])c2nonc2c1. The molecule has 0 aliphatic carbocycles. The Morgan fingerprint density at radius 1 is 1.50 bits per heavy atom. The van der Waals surface area contributed by atoms with Gasteiger partial charge in [-0.1, -0.05) is 0 Å². The van der Waals surface area contributed by atoms with Gasteiger partial charge >= 0.3 is 5.69 Å². The van der Waals surface area contributed by atoms with Gasteiger partial charge in [-0.25, -0.2) is 4.63 Å². The summed E-state index contributed by atoms with van der Waals surface area (Å²) in [4.78, 5) is 10.1. The van der Waals surface area contributed by atoms with Gasteiger partial charge in [0.05, 0.1) is 4.92 Å². The molecule has 0 aliphatic heterocycles. The number of nitro benzene ring substituents is 1. The van der Waals surface area contributed by atoms with Crippen molar-refractivity contribution in [3.05, 3.63) is 22.2 Å². The molecule has 0 spiro atoms. The maximum absolute atomic E-state index is 10.6. The summed E-state index contributed by atoms with van der Waals surface area (Å²) in [6.07, 6.45) is 0. The number of nitrogens with zero attached hydrogens (tertiary/aromatic N) is 3. The van der Waals surface area contributed by atoms with Crippen LogP contribution in [0.25, 0.3) is 11.0 Å². The first-order valence-electron chi connectivity index (χ1n) is 3.81. The number of aromatic nitrogens is 2. The maximum atomic E-state index is 10.6. The number of nitrogens with one attached hydrogen (secondary N) is 1. The Bertz CT molecular complexity index is 493. The number of anilines is 1. The van der Waals surface area contributed by atoms with Crippen molar-refractivity contribution in [2.45, 2.75) is 0 Å². The molecule has 2 rings (SSSR count). The number of hydrogen-bond acceptors (Lipinski definition) is 6. The van der Waals surface area contributed by atoms with E-state index in [1.165, 1.54) is 6.07 Å². The lowest BCUT2D eigenvalue weighted by molar-refractivity contribution is -0.383. The molecule has 0 fully saturated rings. The molecule has 1 heterocycles. The second kappa shape index (κ2) is 2.95. The summed E-state index contributed by atoms with van der Waals surface area (Å²) in [7, 11) is 1.67. The predicted molar refractivity (Wildman–Crippen MR) is 48.0 cm³/mol. The standard InChI is InChI=1S/C7H6N4O3/c1-8-4-2-5-7(10-14-9-5)6(3-4)11(12)13/h2-3,8H,1H3. The number of non-ortho nitro benzene ring substituents is 1. The van der Waals surface area contributed by atoms with Crippen molar-refractivity contribution in [3.8, 4) is 0 Å². The first-order valence-corrected chi connectivity index (χ1v) is 3.81. The molecule has 0 amide bonds. The monoisotopic (exact) mass is 194 g/mol. The molecule has 1 aromatic carbocycles. The predicted octanol–water partition coefficient (Wildman–Crippen LogP) is 1.17. The zero-order valence-corrected chi connectivity index (χ0v) is 7.22. The number of hydrogen-bond donors (Lipinski definition) is 1. The highest BCUT2D eigenvalue weighted by Gasteiger charge is 2.17. The summed E-state index contributed by atoms with van der Waals surface area (Å²) in [5, 5.41) is 20.4. The molecule has 1 aromatic heterocycles. The number of benzene rings is 1. The molecule has 1 N–H and O–H groups in total. The molecule has 0 radical (unpaired) electrons. The third-order valence-corrected chi connectivity index (χ3v) is 1.83. The minimum Gasteiger partial charge on any atom is -0.388 e. The normalized spacial score (nSPS) is 10.4. The molecule has 0 unspecified atom stereocenters. The van der Waals surface area contributed by atoms with Gasteiger partial charge in [0.1, 0.15) is 5.52 Å². The Morgan fingerprint density at radius 3 is 2.93 bits per heavy atom. The van der Waals surface area contributed by atoms with E-state index in [9.17, 15) is 10.1 Å². The van der Waals surface area contributed by atoms with Gasteiger partial charge in [0.25, 0.3) is 0 Å². The summed E-state index contributed by atoms with van der Waals surface area (Å²) in [6, 6.07) is 3.01. The van der Waals surface area contributed by atoms with Gasteiger partial charge in [0.2, 0.25) is 5.52 Å². The average molecular weight is 194 g/mol. The summed E-state index contributed by atoms with van der Waals surface area (Å²) in [5.41, 5.74) is 1.01. The number of nitro groups is 1. The van der Waals surface area contributed by atoms with Crippen LogP contribution in [0.4, 0.5) is 11.4 Å². The number of fused-ring (bicyclic) bond motifs is 1. The summed E-state index contributed by atoms with van der Waals surface area (Å²) in [5.74, 6) is 0. The second-order valence-corrected chi connectivity index (χ2v) is 2.63. The molecule has 7 heteroatoms.